The van der Waals surface area contributed by atoms with E-state index in [1.54, 1.807) is 12.1 Å². The van der Waals surface area contributed by atoms with Gasteiger partial charge in [-0.05, 0) is 55.0 Å². The molecule has 1 heterocycles. The van der Waals surface area contributed by atoms with E-state index in [0.29, 0.717) is 0 Å². The number of amides is 1. The highest BCUT2D eigenvalue weighted by Crippen LogP contribution is 2.35. The first-order valence-electron chi connectivity index (χ1n) is 8.89. The van der Waals surface area contributed by atoms with Gasteiger partial charge in [0.2, 0.25) is 0 Å². The predicted molar refractivity (Wildman–Crippen MR) is 115 cm³/mol. The fourth-order valence-corrected chi connectivity index (χ4v) is 3.69. The third-order valence-electron chi connectivity index (χ3n) is 4.25. The first kappa shape index (κ1) is 23.7. The number of hydrogen-bond donors (Lipinski definition) is 2. The molecule has 0 saturated heterocycles. The molecule has 12 heteroatoms. The molecule has 3 rings (SSSR count). The maximum atomic E-state index is 13.4. The van der Waals surface area contributed by atoms with Gasteiger partial charge in [-0.25, -0.2) is 8.99 Å². The number of halogens is 4. The van der Waals surface area contributed by atoms with Crippen LogP contribution in [0.3, 0.4) is 0 Å². The molecule has 1 amide bonds. The molecule has 3 aromatic rings. The van der Waals surface area contributed by atoms with Crippen LogP contribution in [-0.4, -0.2) is 26.6 Å². The summed E-state index contributed by atoms with van der Waals surface area (Å²) in [5.74, 6) is -1.11. The number of nitrogens with one attached hydrogen (secondary N) is 2. The van der Waals surface area contributed by atoms with Crippen LogP contribution < -0.4 is 10.1 Å². The molecule has 0 aliphatic rings. The molecule has 0 fully saturated rings. The largest absolute Gasteiger partial charge is 0.437 e. The van der Waals surface area contributed by atoms with Crippen molar-refractivity contribution in [2.75, 3.05) is 11.6 Å². The zero-order valence-corrected chi connectivity index (χ0v) is 19.1. The average Bonchev–Trinajstić information content (AvgIpc) is 2.68. The Morgan fingerprint density at radius 3 is 2.41 bits per heavy atom. The molecule has 1 atom stereocenters. The summed E-state index contributed by atoms with van der Waals surface area (Å²) in [6.07, 6.45) is -3.62. The molecule has 0 aliphatic carbocycles. The van der Waals surface area contributed by atoms with Gasteiger partial charge in [0, 0.05) is 21.3 Å². The van der Waals surface area contributed by atoms with E-state index < -0.39 is 44.5 Å². The molecule has 32 heavy (non-hydrogen) atoms. The minimum Gasteiger partial charge on any atom is -0.437 e. The molecule has 0 bridgehead atoms. The third kappa shape index (κ3) is 5.43. The van der Waals surface area contributed by atoms with Gasteiger partial charge >= 0.3 is 6.18 Å². The molecule has 1 aromatic heterocycles. The Balaban J connectivity index is 2.05. The molecule has 168 valence electrons. The quantitative estimate of drug-likeness (QED) is 0.445. The van der Waals surface area contributed by atoms with E-state index in [1.165, 1.54) is 42.7 Å². The van der Waals surface area contributed by atoms with Gasteiger partial charge in [-0.2, -0.15) is 13.2 Å². The molecule has 2 aromatic carbocycles. The number of rotatable bonds is 5. The Hall–Kier alpha value is -2.99. The summed E-state index contributed by atoms with van der Waals surface area (Å²) < 4.78 is 66.1. The number of carbonyl (C=O) groups excluding carboxylic acids is 1. The van der Waals surface area contributed by atoms with Crippen molar-refractivity contribution >= 4 is 37.3 Å². The lowest BCUT2D eigenvalue weighted by Gasteiger charge is -2.16. The van der Waals surface area contributed by atoms with Gasteiger partial charge in [0.1, 0.15) is 11.3 Å². The molecule has 0 spiro atoms. The Kier molecular flexibility index (Phi) is 6.56. The molecule has 1 unspecified atom stereocenters. The minimum absolute atomic E-state index is 0.147. The van der Waals surface area contributed by atoms with Crippen LogP contribution >= 0.6 is 15.9 Å². The number of alkyl halides is 3. The van der Waals surface area contributed by atoms with Crippen LogP contribution in [0.2, 0.25) is 0 Å². The third-order valence-corrected chi connectivity index (χ3v) is 5.93. The molecular weight excluding hydrogens is 513 g/mol. The van der Waals surface area contributed by atoms with Crippen LogP contribution in [0.15, 0.2) is 57.9 Å². The van der Waals surface area contributed by atoms with Gasteiger partial charge in [-0.1, -0.05) is 22.0 Å². The Bertz CT molecular complexity index is 1280. The van der Waals surface area contributed by atoms with E-state index in [4.69, 9.17) is 9.52 Å². The summed E-state index contributed by atoms with van der Waals surface area (Å²) in [6, 6.07) is 12.1. The average molecular weight is 529 g/mol. The molecule has 2 N–H and O–H groups in total. The summed E-state index contributed by atoms with van der Waals surface area (Å²) in [6.45, 7) is 1.10. The second-order valence-corrected chi connectivity index (χ2v) is 9.81. The smallest absolute Gasteiger partial charge is 0.435 e. The van der Waals surface area contributed by atoms with Crippen LogP contribution in [-0.2, 0) is 15.9 Å². The fourth-order valence-electron chi connectivity index (χ4n) is 2.73. The number of benzene rings is 2. The Morgan fingerprint density at radius 1 is 1.16 bits per heavy atom. The summed E-state index contributed by atoms with van der Waals surface area (Å²) in [5.41, 5.74) is -2.09. The van der Waals surface area contributed by atoms with Gasteiger partial charge in [0.05, 0.1) is 9.73 Å². The molecule has 0 radical (unpaired) electrons. The topological polar surface area (TPSA) is 105 Å². The van der Waals surface area contributed by atoms with E-state index in [1.807, 2.05) is 0 Å². The van der Waals surface area contributed by atoms with Crippen molar-refractivity contribution in [3.63, 3.8) is 0 Å². The first-order chi connectivity index (χ1) is 14.9. The number of nitrogens with zero attached hydrogens (tertiary/aromatic N) is 2. The van der Waals surface area contributed by atoms with Crippen molar-refractivity contribution in [1.29, 1.82) is 4.78 Å². The highest BCUT2D eigenvalue weighted by atomic mass is 79.9. The van der Waals surface area contributed by atoms with Crippen molar-refractivity contribution < 1.29 is 26.9 Å². The second kappa shape index (κ2) is 8.87. The monoisotopic (exact) mass is 528 g/mol. The summed E-state index contributed by atoms with van der Waals surface area (Å²) >= 11 is 3.26. The first-order valence-corrected chi connectivity index (χ1v) is 11.7. The van der Waals surface area contributed by atoms with Crippen LogP contribution in [0.1, 0.15) is 21.6 Å². The van der Waals surface area contributed by atoms with Gasteiger partial charge in [0.15, 0.2) is 5.69 Å². The summed E-state index contributed by atoms with van der Waals surface area (Å²) in [5, 5.41) is 9.17. The summed E-state index contributed by atoms with van der Waals surface area (Å²) in [7, 11) is -3.06. The van der Waals surface area contributed by atoms with E-state index in [2.05, 4.69) is 31.4 Å². The molecule has 7 nitrogen and oxygen atoms in total. The Labute approximate surface area is 190 Å². The van der Waals surface area contributed by atoms with Gasteiger partial charge < -0.3 is 10.1 Å². The number of ether oxygens (including phenoxy) is 1. The maximum absolute atomic E-state index is 13.4. The van der Waals surface area contributed by atoms with Crippen molar-refractivity contribution in [2.45, 2.75) is 18.0 Å². The number of carbonyl (C=O) groups is 1. The normalized spacial score (nSPS) is 13.3. The number of hydrogen-bond acceptors (Lipinski definition) is 6. The second-order valence-electron chi connectivity index (χ2n) is 6.73. The van der Waals surface area contributed by atoms with E-state index >= 15 is 0 Å². The lowest BCUT2D eigenvalue weighted by atomic mass is 10.1. The lowest BCUT2D eigenvalue weighted by Crippen LogP contribution is -2.21. The van der Waals surface area contributed by atoms with Crippen LogP contribution in [0.4, 0.5) is 18.9 Å². The molecule has 0 saturated carbocycles. The van der Waals surface area contributed by atoms with Crippen molar-refractivity contribution in [3.05, 3.63) is 69.8 Å². The van der Waals surface area contributed by atoms with E-state index in [9.17, 15) is 22.2 Å². The lowest BCUT2D eigenvalue weighted by molar-refractivity contribution is -0.142. The molecule has 0 aliphatic heterocycles. The predicted octanol–water partition coefficient (Wildman–Crippen LogP) is 5.65. The standard InChI is InChI=1S/C20H16BrF3N4O3S/c1-11-16(18(29)26-13-4-3-5-15(10-13)32(2,25)30)19(28-27-17(11)20(22,23)24)31-14-8-6-12(21)7-9-14/h3-10,25H,1-2H3,(H,26,29). The van der Waals surface area contributed by atoms with Gasteiger partial charge in [0.25, 0.3) is 11.8 Å². The number of anilines is 1. The Morgan fingerprint density at radius 2 is 1.81 bits per heavy atom. The van der Waals surface area contributed by atoms with Crippen molar-refractivity contribution in [1.82, 2.24) is 10.2 Å². The highest BCUT2D eigenvalue weighted by molar-refractivity contribution is 9.10. The van der Waals surface area contributed by atoms with Crippen molar-refractivity contribution in [3.8, 4) is 11.6 Å². The number of aromatic nitrogens is 2. The SMILES string of the molecule is Cc1c(C(F)(F)F)nnc(Oc2ccc(Br)cc2)c1C(=O)Nc1cccc(S(C)(=N)=O)c1. The van der Waals surface area contributed by atoms with Crippen LogP contribution in [0.25, 0.3) is 0 Å². The maximum Gasteiger partial charge on any atom is 0.435 e. The zero-order chi connectivity index (χ0) is 23.7. The van der Waals surface area contributed by atoms with Crippen LogP contribution in [0.5, 0.6) is 11.6 Å². The zero-order valence-electron chi connectivity index (χ0n) is 16.7. The fraction of sp³-hybridized carbons (Fsp3) is 0.150. The molecular formula is C20H16BrF3N4O3S. The van der Waals surface area contributed by atoms with Gasteiger partial charge in [-0.15, -0.1) is 10.2 Å². The van der Waals surface area contributed by atoms with Crippen LogP contribution in [0, 0.1) is 11.7 Å². The highest BCUT2D eigenvalue weighted by Gasteiger charge is 2.38. The van der Waals surface area contributed by atoms with E-state index in [0.717, 1.165) is 11.4 Å². The summed E-state index contributed by atoms with van der Waals surface area (Å²) in [4.78, 5) is 13.1. The van der Waals surface area contributed by atoms with Gasteiger partial charge in [-0.3, -0.25) is 4.79 Å². The minimum atomic E-state index is -4.83. The van der Waals surface area contributed by atoms with Crippen molar-refractivity contribution in [2.24, 2.45) is 0 Å². The van der Waals surface area contributed by atoms with E-state index in [-0.39, 0.29) is 16.3 Å².